The van der Waals surface area contributed by atoms with Gasteiger partial charge >= 0.3 is 0 Å². The lowest BCUT2D eigenvalue weighted by Gasteiger charge is -2.45. The summed E-state index contributed by atoms with van der Waals surface area (Å²) >= 11 is 0. The number of sulfonamides is 1. The minimum Gasteiger partial charge on any atom is -0.329 e. The Labute approximate surface area is 118 Å². The first-order valence-electron chi connectivity index (χ1n) is 7.19. The van der Waals surface area contributed by atoms with Crippen LogP contribution in [0.25, 0.3) is 0 Å². The monoisotopic (exact) mass is 290 g/mol. The molecule has 1 fully saturated rings. The molecule has 0 bridgehead atoms. The molecular formula is C14H30N2O2S. The Hall–Kier alpha value is -0.130. The van der Waals surface area contributed by atoms with Gasteiger partial charge in [0.05, 0.1) is 5.75 Å². The van der Waals surface area contributed by atoms with Crippen molar-refractivity contribution < 1.29 is 8.42 Å². The van der Waals surface area contributed by atoms with Gasteiger partial charge in [0.25, 0.3) is 0 Å². The van der Waals surface area contributed by atoms with Crippen molar-refractivity contribution in [2.24, 2.45) is 17.1 Å². The largest absolute Gasteiger partial charge is 0.329 e. The highest BCUT2D eigenvalue weighted by Crippen LogP contribution is 2.37. The fourth-order valence-electron chi connectivity index (χ4n) is 3.17. The highest BCUT2D eigenvalue weighted by Gasteiger charge is 2.43. The predicted octanol–water partition coefficient (Wildman–Crippen LogP) is 2.20. The highest BCUT2D eigenvalue weighted by molar-refractivity contribution is 7.89. The van der Waals surface area contributed by atoms with Crippen LogP contribution >= 0.6 is 0 Å². The van der Waals surface area contributed by atoms with Crippen LogP contribution in [0.4, 0.5) is 0 Å². The van der Waals surface area contributed by atoms with Gasteiger partial charge in [-0.2, -0.15) is 4.31 Å². The van der Waals surface area contributed by atoms with Crippen molar-refractivity contribution in [1.29, 1.82) is 0 Å². The van der Waals surface area contributed by atoms with Gasteiger partial charge in [0.15, 0.2) is 0 Å². The summed E-state index contributed by atoms with van der Waals surface area (Å²) in [5, 5.41) is 0. The van der Waals surface area contributed by atoms with E-state index in [1.807, 2.05) is 20.8 Å². The van der Waals surface area contributed by atoms with Gasteiger partial charge in [-0.15, -0.1) is 0 Å². The Morgan fingerprint density at radius 3 is 2.37 bits per heavy atom. The second kappa shape index (κ2) is 5.70. The molecule has 0 heterocycles. The Bertz CT molecular complexity index is 400. The summed E-state index contributed by atoms with van der Waals surface area (Å²) in [7, 11) is -1.54. The van der Waals surface area contributed by atoms with Crippen molar-refractivity contribution in [3.63, 3.8) is 0 Å². The number of nitrogens with zero attached hydrogens (tertiary/aromatic N) is 1. The van der Waals surface area contributed by atoms with Gasteiger partial charge in [-0.3, -0.25) is 0 Å². The summed E-state index contributed by atoms with van der Waals surface area (Å²) < 4.78 is 26.8. The van der Waals surface area contributed by atoms with Crippen LogP contribution in [0.1, 0.15) is 53.4 Å². The molecule has 1 aliphatic carbocycles. The molecule has 0 saturated heterocycles. The molecule has 0 aromatic carbocycles. The van der Waals surface area contributed by atoms with Crippen molar-refractivity contribution in [2.75, 3.05) is 19.3 Å². The van der Waals surface area contributed by atoms with Crippen LogP contribution < -0.4 is 5.73 Å². The lowest BCUT2D eigenvalue weighted by atomic mass is 9.76. The van der Waals surface area contributed by atoms with Crippen molar-refractivity contribution in [3.8, 4) is 0 Å². The quantitative estimate of drug-likeness (QED) is 0.863. The van der Waals surface area contributed by atoms with Gasteiger partial charge in [0, 0.05) is 19.1 Å². The minimum absolute atomic E-state index is 0.173. The van der Waals surface area contributed by atoms with Gasteiger partial charge in [0.1, 0.15) is 0 Å². The first-order chi connectivity index (χ1) is 8.52. The lowest BCUT2D eigenvalue weighted by Crippen LogP contribution is -2.57. The number of nitrogens with two attached hydrogens (primary N) is 1. The zero-order valence-corrected chi connectivity index (χ0v) is 13.9. The van der Waals surface area contributed by atoms with E-state index >= 15 is 0 Å². The molecule has 0 aromatic heterocycles. The van der Waals surface area contributed by atoms with Crippen LogP contribution in [-0.2, 0) is 10.0 Å². The topological polar surface area (TPSA) is 63.4 Å². The molecule has 2 atom stereocenters. The molecule has 5 heteroatoms. The average Bonchev–Trinajstić information content (AvgIpc) is 2.24. The van der Waals surface area contributed by atoms with Crippen LogP contribution in [-0.4, -0.2) is 37.6 Å². The summed E-state index contributed by atoms with van der Waals surface area (Å²) in [5.74, 6) is 0.719. The Morgan fingerprint density at radius 2 is 1.95 bits per heavy atom. The van der Waals surface area contributed by atoms with Gasteiger partial charge < -0.3 is 5.73 Å². The number of likely N-dealkylation sites (N-methyl/N-ethyl adjacent to an activating group) is 1. The molecule has 19 heavy (non-hydrogen) atoms. The van der Waals surface area contributed by atoms with E-state index in [2.05, 4.69) is 6.92 Å². The normalized spacial score (nSPS) is 29.7. The smallest absolute Gasteiger partial charge is 0.214 e. The van der Waals surface area contributed by atoms with E-state index in [9.17, 15) is 8.42 Å². The maximum atomic E-state index is 12.6. The summed E-state index contributed by atoms with van der Waals surface area (Å²) in [6, 6.07) is 0. The fourth-order valence-corrected chi connectivity index (χ4v) is 5.29. The molecule has 0 aliphatic heterocycles. The predicted molar refractivity (Wildman–Crippen MR) is 80.4 cm³/mol. The zero-order valence-electron chi connectivity index (χ0n) is 13.1. The number of rotatable bonds is 4. The molecule has 0 spiro atoms. The van der Waals surface area contributed by atoms with E-state index < -0.39 is 10.0 Å². The van der Waals surface area contributed by atoms with Crippen LogP contribution in [0, 0.1) is 11.3 Å². The molecule has 4 nitrogen and oxygen atoms in total. The molecule has 0 amide bonds. The zero-order chi connectivity index (χ0) is 14.9. The maximum absolute atomic E-state index is 12.6. The molecule has 1 aliphatic rings. The van der Waals surface area contributed by atoms with Gasteiger partial charge in [-0.25, -0.2) is 8.42 Å². The van der Waals surface area contributed by atoms with Crippen molar-refractivity contribution in [2.45, 2.75) is 58.9 Å². The van der Waals surface area contributed by atoms with Crippen LogP contribution in [0.15, 0.2) is 0 Å². The molecular weight excluding hydrogens is 260 g/mol. The first-order valence-corrected chi connectivity index (χ1v) is 8.80. The maximum Gasteiger partial charge on any atom is 0.214 e. The van der Waals surface area contributed by atoms with Gasteiger partial charge in [0.2, 0.25) is 10.0 Å². The van der Waals surface area contributed by atoms with Crippen molar-refractivity contribution >= 4 is 10.0 Å². The Balaban J connectivity index is 2.98. The standard InChI is InChI=1S/C14H30N2O2S/c1-12-7-6-8-14(9-12,10-15)16(5)19(17,18)11-13(2,3)4/h12H,6-11,15H2,1-5H3. The van der Waals surface area contributed by atoms with E-state index in [0.29, 0.717) is 12.5 Å². The second-order valence-corrected chi connectivity index (χ2v) is 9.41. The summed E-state index contributed by atoms with van der Waals surface area (Å²) in [6.07, 6.45) is 4.00. The van der Waals surface area contributed by atoms with E-state index in [4.69, 9.17) is 5.73 Å². The summed E-state index contributed by atoms with van der Waals surface area (Å²) in [4.78, 5) is 0. The molecule has 1 rings (SSSR count). The molecule has 0 aromatic rings. The van der Waals surface area contributed by atoms with E-state index in [1.165, 1.54) is 6.42 Å². The van der Waals surface area contributed by atoms with Gasteiger partial charge in [-0.05, 0) is 24.2 Å². The molecule has 1 saturated carbocycles. The van der Waals surface area contributed by atoms with Crippen LogP contribution in [0.5, 0.6) is 0 Å². The first kappa shape index (κ1) is 16.9. The molecule has 0 radical (unpaired) electrons. The average molecular weight is 290 g/mol. The molecule has 2 unspecified atom stereocenters. The highest BCUT2D eigenvalue weighted by atomic mass is 32.2. The Morgan fingerprint density at radius 1 is 1.37 bits per heavy atom. The Kier molecular flexibility index (Phi) is 5.08. The third-order valence-electron chi connectivity index (χ3n) is 4.15. The van der Waals surface area contributed by atoms with E-state index in [0.717, 1.165) is 19.3 Å². The van der Waals surface area contributed by atoms with Crippen LogP contribution in [0.3, 0.4) is 0 Å². The lowest BCUT2D eigenvalue weighted by molar-refractivity contribution is 0.127. The molecule has 2 N–H and O–H groups in total. The van der Waals surface area contributed by atoms with Crippen LogP contribution in [0.2, 0.25) is 0 Å². The van der Waals surface area contributed by atoms with Gasteiger partial charge in [-0.1, -0.05) is 40.5 Å². The minimum atomic E-state index is -3.26. The summed E-state index contributed by atoms with van der Waals surface area (Å²) in [5.41, 5.74) is 5.35. The SMILES string of the molecule is CC1CCCC(CN)(N(C)S(=O)(=O)CC(C)(C)C)C1. The fraction of sp³-hybridized carbons (Fsp3) is 1.00. The summed E-state index contributed by atoms with van der Waals surface area (Å²) in [6.45, 7) is 8.47. The van der Waals surface area contributed by atoms with E-state index in [1.54, 1.807) is 11.4 Å². The van der Waals surface area contributed by atoms with E-state index in [-0.39, 0.29) is 16.7 Å². The van der Waals surface area contributed by atoms with Crippen molar-refractivity contribution in [3.05, 3.63) is 0 Å². The number of hydrogen-bond donors (Lipinski definition) is 1. The third-order valence-corrected chi connectivity index (χ3v) is 6.60. The van der Waals surface area contributed by atoms with Crippen molar-refractivity contribution in [1.82, 2.24) is 4.31 Å². The second-order valence-electron chi connectivity index (χ2n) is 7.41. The molecule has 114 valence electrons. The third kappa shape index (κ3) is 4.17. The number of hydrogen-bond acceptors (Lipinski definition) is 3.